The quantitative estimate of drug-likeness (QED) is 0.710. The fourth-order valence-corrected chi connectivity index (χ4v) is 3.90. The highest BCUT2D eigenvalue weighted by molar-refractivity contribution is 5.88. The van der Waals surface area contributed by atoms with Gasteiger partial charge in [-0.25, -0.2) is 4.68 Å². The maximum Gasteiger partial charge on any atom is 0.266 e. The number of aromatic nitrogens is 3. The lowest BCUT2D eigenvalue weighted by atomic mass is 10.0. The van der Waals surface area contributed by atoms with Gasteiger partial charge in [0.15, 0.2) is 0 Å². The second kappa shape index (κ2) is 7.88. The number of aromatic amines is 1. The molecule has 1 aromatic carbocycles. The first kappa shape index (κ1) is 18.3. The number of H-pyrrole nitrogens is 1. The van der Waals surface area contributed by atoms with Gasteiger partial charge >= 0.3 is 0 Å². The number of hydrogen-bond donors (Lipinski definition) is 2. The predicted molar refractivity (Wildman–Crippen MR) is 109 cm³/mol. The molecule has 0 aliphatic carbocycles. The van der Waals surface area contributed by atoms with E-state index in [4.69, 9.17) is 0 Å². The molecule has 4 rings (SSSR count). The molecule has 1 saturated heterocycles. The van der Waals surface area contributed by atoms with Crippen LogP contribution in [-0.4, -0.2) is 39.8 Å². The van der Waals surface area contributed by atoms with Crippen LogP contribution in [0.25, 0.3) is 10.9 Å². The fourth-order valence-electron chi connectivity index (χ4n) is 3.90. The molecule has 3 heterocycles. The molecule has 1 aliphatic rings. The van der Waals surface area contributed by atoms with Crippen LogP contribution in [-0.2, 0) is 18.3 Å². The van der Waals surface area contributed by atoms with E-state index >= 15 is 0 Å². The Kier molecular flexibility index (Phi) is 5.14. The maximum atomic E-state index is 12.5. The van der Waals surface area contributed by atoms with Crippen molar-refractivity contribution in [3.05, 3.63) is 58.5 Å². The fraction of sp³-hybridized carbons (Fsp3) is 0.381. The van der Waals surface area contributed by atoms with E-state index in [9.17, 15) is 9.59 Å². The Morgan fingerprint density at radius 3 is 2.96 bits per heavy atom. The van der Waals surface area contributed by atoms with E-state index in [-0.39, 0.29) is 17.5 Å². The number of fused-ring (bicyclic) bond motifs is 1. The Labute approximate surface area is 163 Å². The van der Waals surface area contributed by atoms with E-state index in [2.05, 4.69) is 20.3 Å². The summed E-state index contributed by atoms with van der Waals surface area (Å²) >= 11 is 0. The summed E-state index contributed by atoms with van der Waals surface area (Å²) in [5, 5.41) is 8.56. The van der Waals surface area contributed by atoms with Crippen LogP contribution in [0, 0.1) is 0 Å². The van der Waals surface area contributed by atoms with Crippen LogP contribution in [0.1, 0.15) is 24.8 Å². The average molecular weight is 379 g/mol. The molecule has 1 aliphatic heterocycles. The number of carbonyl (C=O) groups is 1. The molecule has 0 bridgehead atoms. The number of nitrogens with one attached hydrogen (secondary N) is 2. The van der Waals surface area contributed by atoms with Crippen LogP contribution >= 0.6 is 0 Å². The maximum absolute atomic E-state index is 12.5. The van der Waals surface area contributed by atoms with Gasteiger partial charge in [-0.1, -0.05) is 18.2 Å². The van der Waals surface area contributed by atoms with Gasteiger partial charge in [0.05, 0.1) is 6.42 Å². The Hall–Kier alpha value is -3.09. The highest BCUT2D eigenvalue weighted by atomic mass is 16.1. The third-order valence-corrected chi connectivity index (χ3v) is 5.43. The number of amides is 1. The van der Waals surface area contributed by atoms with Gasteiger partial charge in [-0.05, 0) is 37.0 Å². The summed E-state index contributed by atoms with van der Waals surface area (Å²) < 4.78 is 1.36. The molecule has 28 heavy (non-hydrogen) atoms. The van der Waals surface area contributed by atoms with Crippen LogP contribution in [0.4, 0.5) is 5.82 Å². The van der Waals surface area contributed by atoms with Crippen molar-refractivity contribution in [1.29, 1.82) is 0 Å². The first-order valence-corrected chi connectivity index (χ1v) is 9.74. The number of carbonyl (C=O) groups excluding carboxylic acids is 1. The van der Waals surface area contributed by atoms with Gasteiger partial charge in [-0.3, -0.25) is 9.59 Å². The first-order valence-electron chi connectivity index (χ1n) is 9.74. The summed E-state index contributed by atoms with van der Waals surface area (Å²) in [5.74, 6) is 0.807. The Bertz CT molecular complexity index is 1040. The van der Waals surface area contributed by atoms with Gasteiger partial charge < -0.3 is 15.2 Å². The lowest BCUT2D eigenvalue weighted by Crippen LogP contribution is -2.47. The Morgan fingerprint density at radius 1 is 1.25 bits per heavy atom. The second-order valence-electron chi connectivity index (χ2n) is 7.34. The standard InChI is InChI=1S/C21H25N5O2/c1-25-21(28)10-9-19(24-25)26-11-5-4-6-16(26)14-23-20(27)12-15-13-22-18-8-3-2-7-17(15)18/h2-3,7-10,13,16,22H,4-6,11-12,14H2,1H3,(H,23,27). The van der Waals surface area contributed by atoms with Crippen molar-refractivity contribution in [1.82, 2.24) is 20.1 Å². The molecule has 146 valence electrons. The molecule has 2 N–H and O–H groups in total. The summed E-state index contributed by atoms with van der Waals surface area (Å²) in [7, 11) is 1.66. The summed E-state index contributed by atoms with van der Waals surface area (Å²) in [6, 6.07) is 11.5. The number of nitrogens with zero attached hydrogens (tertiary/aromatic N) is 3. The Morgan fingerprint density at radius 2 is 2.11 bits per heavy atom. The van der Waals surface area contributed by atoms with Gasteiger partial charge in [0, 0.05) is 49.3 Å². The third-order valence-electron chi connectivity index (χ3n) is 5.43. The van der Waals surface area contributed by atoms with E-state index < -0.39 is 0 Å². The van der Waals surface area contributed by atoms with Gasteiger partial charge in [0.1, 0.15) is 5.82 Å². The number of para-hydroxylation sites is 1. The summed E-state index contributed by atoms with van der Waals surface area (Å²) in [5.41, 5.74) is 1.93. The molecule has 0 spiro atoms. The zero-order chi connectivity index (χ0) is 19.5. The van der Waals surface area contributed by atoms with Crippen molar-refractivity contribution in [2.45, 2.75) is 31.7 Å². The molecular formula is C21H25N5O2. The monoisotopic (exact) mass is 379 g/mol. The Balaban J connectivity index is 1.41. The van der Waals surface area contributed by atoms with Crippen molar-refractivity contribution in [2.75, 3.05) is 18.0 Å². The lowest BCUT2D eigenvalue weighted by Gasteiger charge is -2.36. The highest BCUT2D eigenvalue weighted by Gasteiger charge is 2.24. The molecule has 7 nitrogen and oxygen atoms in total. The molecule has 0 saturated carbocycles. The highest BCUT2D eigenvalue weighted by Crippen LogP contribution is 2.22. The zero-order valence-electron chi connectivity index (χ0n) is 16.0. The molecule has 7 heteroatoms. The normalized spacial score (nSPS) is 17.0. The summed E-state index contributed by atoms with van der Waals surface area (Å²) in [4.78, 5) is 29.6. The van der Waals surface area contributed by atoms with Gasteiger partial charge in [0.2, 0.25) is 5.91 Å². The topological polar surface area (TPSA) is 83.0 Å². The van der Waals surface area contributed by atoms with Gasteiger partial charge in [-0.2, -0.15) is 5.10 Å². The van der Waals surface area contributed by atoms with Crippen molar-refractivity contribution in [3.8, 4) is 0 Å². The third kappa shape index (κ3) is 3.78. The van der Waals surface area contributed by atoms with Crippen molar-refractivity contribution >= 4 is 22.6 Å². The largest absolute Gasteiger partial charge is 0.361 e. The van der Waals surface area contributed by atoms with Crippen molar-refractivity contribution < 1.29 is 4.79 Å². The molecule has 0 radical (unpaired) electrons. The molecular weight excluding hydrogens is 354 g/mol. The van der Waals surface area contributed by atoms with Gasteiger partial charge in [-0.15, -0.1) is 0 Å². The smallest absolute Gasteiger partial charge is 0.266 e. The minimum atomic E-state index is -0.121. The van der Waals surface area contributed by atoms with Crippen LogP contribution in [0.2, 0.25) is 0 Å². The first-order chi connectivity index (χ1) is 13.6. The number of anilines is 1. The van der Waals surface area contributed by atoms with Crippen LogP contribution < -0.4 is 15.8 Å². The van der Waals surface area contributed by atoms with E-state index in [0.717, 1.165) is 48.1 Å². The number of rotatable bonds is 5. The molecule has 3 aromatic rings. The second-order valence-corrected chi connectivity index (χ2v) is 7.34. The number of piperidine rings is 1. The van der Waals surface area contributed by atoms with E-state index in [0.29, 0.717) is 13.0 Å². The summed E-state index contributed by atoms with van der Waals surface area (Å²) in [6.45, 7) is 1.46. The minimum Gasteiger partial charge on any atom is -0.361 e. The molecule has 1 unspecified atom stereocenters. The zero-order valence-corrected chi connectivity index (χ0v) is 16.0. The lowest BCUT2D eigenvalue weighted by molar-refractivity contribution is -0.120. The van der Waals surface area contributed by atoms with Crippen molar-refractivity contribution in [3.63, 3.8) is 0 Å². The number of hydrogen-bond acceptors (Lipinski definition) is 4. The number of benzene rings is 1. The average Bonchev–Trinajstić information content (AvgIpc) is 3.12. The van der Waals surface area contributed by atoms with E-state index in [1.165, 1.54) is 4.68 Å². The van der Waals surface area contributed by atoms with Crippen LogP contribution in [0.5, 0.6) is 0 Å². The SMILES string of the molecule is Cn1nc(N2CCCCC2CNC(=O)Cc2c[nH]c3ccccc23)ccc1=O. The predicted octanol–water partition coefficient (Wildman–Crippen LogP) is 1.98. The van der Waals surface area contributed by atoms with E-state index in [1.807, 2.05) is 30.5 Å². The van der Waals surface area contributed by atoms with Crippen LogP contribution in [0.15, 0.2) is 47.4 Å². The molecule has 1 atom stereocenters. The molecule has 2 aromatic heterocycles. The van der Waals surface area contributed by atoms with Crippen LogP contribution in [0.3, 0.4) is 0 Å². The van der Waals surface area contributed by atoms with Crippen molar-refractivity contribution in [2.24, 2.45) is 7.05 Å². The van der Waals surface area contributed by atoms with Gasteiger partial charge in [0.25, 0.3) is 5.56 Å². The number of aryl methyl sites for hydroxylation is 1. The summed E-state index contributed by atoms with van der Waals surface area (Å²) in [6.07, 6.45) is 5.48. The molecule has 1 amide bonds. The minimum absolute atomic E-state index is 0.0173. The molecule has 1 fully saturated rings. The van der Waals surface area contributed by atoms with E-state index in [1.54, 1.807) is 19.2 Å².